The van der Waals surface area contributed by atoms with Gasteiger partial charge in [-0.15, -0.1) is 0 Å². The van der Waals surface area contributed by atoms with E-state index in [1.54, 1.807) is 20.8 Å². The number of fused-ring (bicyclic) bond motifs is 2. The Morgan fingerprint density at radius 2 is 2.07 bits per heavy atom. The molecular weight excluding hydrogens is 403 g/mol. The summed E-state index contributed by atoms with van der Waals surface area (Å²) in [6.07, 6.45) is -1.35. The minimum Gasteiger partial charge on any atom is -0.368 e. The van der Waals surface area contributed by atoms with E-state index in [9.17, 15) is 19.0 Å². The number of phosphoric ester groups is 1. The van der Waals surface area contributed by atoms with Gasteiger partial charge in [-0.05, 0) is 32.6 Å². The van der Waals surface area contributed by atoms with Gasteiger partial charge < -0.3 is 14.4 Å². The molecule has 3 heterocycles. The van der Waals surface area contributed by atoms with Crippen LogP contribution in [0.1, 0.15) is 52.8 Å². The highest BCUT2D eigenvalue weighted by Crippen LogP contribution is 2.57. The van der Waals surface area contributed by atoms with Gasteiger partial charge in [-0.3, -0.25) is 23.4 Å². The van der Waals surface area contributed by atoms with Crippen molar-refractivity contribution in [2.75, 3.05) is 6.61 Å². The number of phosphoric acid groups is 1. The number of nitrogens with one attached hydrogen (secondary N) is 1. The number of aromatic amines is 1. The zero-order valence-electron chi connectivity index (χ0n) is 17.5. The fourth-order valence-corrected chi connectivity index (χ4v) is 5.20. The van der Waals surface area contributed by atoms with E-state index in [2.05, 4.69) is 4.98 Å². The first-order valence-corrected chi connectivity index (χ1v) is 11.0. The van der Waals surface area contributed by atoms with Crippen molar-refractivity contribution >= 4 is 7.82 Å². The number of rotatable bonds is 6. The summed E-state index contributed by atoms with van der Waals surface area (Å²) in [5, 5.41) is 0. The molecule has 1 aromatic heterocycles. The van der Waals surface area contributed by atoms with Crippen LogP contribution in [0.15, 0.2) is 15.8 Å². The van der Waals surface area contributed by atoms with Gasteiger partial charge in [0.05, 0.1) is 12.7 Å². The average Bonchev–Trinajstić information content (AvgIpc) is 2.98. The third-order valence-electron chi connectivity index (χ3n) is 4.81. The van der Waals surface area contributed by atoms with Crippen molar-refractivity contribution in [3.05, 3.63) is 32.6 Å². The van der Waals surface area contributed by atoms with Gasteiger partial charge in [0.25, 0.3) is 5.56 Å². The lowest BCUT2D eigenvalue weighted by Gasteiger charge is -2.36. The Morgan fingerprint density at radius 1 is 1.41 bits per heavy atom. The largest absolute Gasteiger partial charge is 0.472 e. The summed E-state index contributed by atoms with van der Waals surface area (Å²) in [4.78, 5) is 36.5. The molecule has 2 saturated heterocycles. The van der Waals surface area contributed by atoms with Crippen LogP contribution in [0, 0.1) is 12.3 Å². The Balaban J connectivity index is 2.01. The summed E-state index contributed by atoms with van der Waals surface area (Å²) in [6, 6.07) is 0. The number of aromatic nitrogens is 2. The summed E-state index contributed by atoms with van der Waals surface area (Å²) in [5.41, 5.74) is -2.08. The van der Waals surface area contributed by atoms with E-state index in [4.69, 9.17) is 18.5 Å². The summed E-state index contributed by atoms with van der Waals surface area (Å²) < 4.78 is 36.5. The first-order valence-electron chi connectivity index (χ1n) is 9.54. The lowest BCUT2D eigenvalue weighted by molar-refractivity contribution is -0.184. The molecule has 2 fully saturated rings. The molecule has 29 heavy (non-hydrogen) atoms. The highest BCUT2D eigenvalue weighted by atomic mass is 31.2. The van der Waals surface area contributed by atoms with E-state index in [1.807, 2.05) is 20.8 Å². The Kier molecular flexibility index (Phi) is 5.75. The van der Waals surface area contributed by atoms with Crippen LogP contribution in [-0.2, 0) is 23.1 Å². The maximum absolute atomic E-state index is 12.5. The van der Waals surface area contributed by atoms with Crippen LogP contribution in [0.2, 0.25) is 0 Å². The van der Waals surface area contributed by atoms with Gasteiger partial charge >= 0.3 is 13.5 Å². The molecule has 2 bridgehead atoms. The molecule has 0 saturated carbocycles. The average molecular weight is 432 g/mol. The van der Waals surface area contributed by atoms with Crippen LogP contribution in [0.3, 0.4) is 0 Å². The fourth-order valence-electron chi connectivity index (χ4n) is 4.02. The monoisotopic (exact) mass is 432 g/mol. The molecule has 164 valence electrons. The molecule has 0 amide bonds. The number of hydrogen-bond donors (Lipinski definition) is 2. The molecule has 0 aromatic carbocycles. The lowest BCUT2D eigenvalue weighted by atomic mass is 9.80. The van der Waals surface area contributed by atoms with E-state index in [-0.39, 0.29) is 12.0 Å². The van der Waals surface area contributed by atoms with Crippen molar-refractivity contribution in [2.24, 2.45) is 5.41 Å². The van der Waals surface area contributed by atoms with Crippen LogP contribution in [-0.4, -0.2) is 45.0 Å². The molecule has 2 unspecified atom stereocenters. The van der Waals surface area contributed by atoms with Crippen molar-refractivity contribution in [3.8, 4) is 0 Å². The summed E-state index contributed by atoms with van der Waals surface area (Å²) in [6.45, 7) is 11.0. The minimum atomic E-state index is -4.39. The number of H-pyrrole nitrogens is 1. The lowest BCUT2D eigenvalue weighted by Crippen LogP contribution is -2.45. The molecule has 0 aliphatic carbocycles. The van der Waals surface area contributed by atoms with Crippen LogP contribution in [0.5, 0.6) is 0 Å². The maximum Gasteiger partial charge on any atom is 0.472 e. The molecule has 0 spiro atoms. The third kappa shape index (κ3) is 4.57. The van der Waals surface area contributed by atoms with Crippen molar-refractivity contribution < 1.29 is 28.0 Å². The smallest absolute Gasteiger partial charge is 0.368 e. The highest BCUT2D eigenvalue weighted by Gasteiger charge is 2.65. The molecule has 5 atom stereocenters. The molecule has 10 nitrogen and oxygen atoms in total. The third-order valence-corrected chi connectivity index (χ3v) is 6.00. The van der Waals surface area contributed by atoms with E-state index < -0.39 is 49.2 Å². The van der Waals surface area contributed by atoms with Gasteiger partial charge in [-0.2, -0.15) is 0 Å². The van der Waals surface area contributed by atoms with Crippen molar-refractivity contribution in [2.45, 2.75) is 78.1 Å². The number of hydrogen-bond acceptors (Lipinski definition) is 7. The topological polar surface area (TPSA) is 129 Å². The standard InChI is InChI=1S/C18H29N2O8P/c1-10(2)27-29(23,24)28-13-12-15(20-7-11(3)14(21)19-16(20)22)26-18(13,9-25-12)8-17(4,5)6/h7,10,12-13,15H,8-9H2,1-6H3,(H,23,24)(H,19,21,22)/t12-,13?,15+,18-/m0/s1. The normalized spacial score (nSPS) is 31.4. The van der Waals surface area contributed by atoms with E-state index in [0.29, 0.717) is 12.0 Å². The van der Waals surface area contributed by atoms with Gasteiger partial charge in [-0.1, -0.05) is 20.8 Å². The molecule has 0 radical (unpaired) electrons. The molecule has 2 N–H and O–H groups in total. The molecular formula is C18H29N2O8P. The van der Waals surface area contributed by atoms with E-state index >= 15 is 0 Å². The van der Waals surface area contributed by atoms with Gasteiger partial charge in [0.2, 0.25) is 0 Å². The Bertz CT molecular complexity index is 933. The number of ether oxygens (including phenoxy) is 2. The predicted octanol–water partition coefficient (Wildman–Crippen LogP) is 1.86. The van der Waals surface area contributed by atoms with E-state index in [0.717, 1.165) is 0 Å². The van der Waals surface area contributed by atoms with Gasteiger partial charge in [0.15, 0.2) is 6.23 Å². The SMILES string of the molecule is Cc1cn([C@@H]2O[C@@]3(CC(C)(C)C)CO[C@H]2C3OP(=O)(O)OC(C)C)c(=O)[nH]c1=O. The molecule has 2 aliphatic heterocycles. The summed E-state index contributed by atoms with van der Waals surface area (Å²) >= 11 is 0. The molecule has 3 rings (SSSR count). The molecule has 1 aromatic rings. The Hall–Kier alpha value is -1.29. The second kappa shape index (κ2) is 7.44. The van der Waals surface area contributed by atoms with Gasteiger partial charge in [0.1, 0.15) is 17.8 Å². The summed E-state index contributed by atoms with van der Waals surface area (Å²) in [7, 11) is -4.39. The zero-order valence-corrected chi connectivity index (χ0v) is 18.4. The first kappa shape index (κ1) is 22.4. The van der Waals surface area contributed by atoms with Crippen LogP contribution < -0.4 is 11.2 Å². The molecule has 2 aliphatic rings. The zero-order chi connectivity index (χ0) is 21.8. The highest BCUT2D eigenvalue weighted by molar-refractivity contribution is 7.47. The quantitative estimate of drug-likeness (QED) is 0.652. The van der Waals surface area contributed by atoms with Crippen LogP contribution >= 0.6 is 7.82 Å². The number of nitrogens with zero attached hydrogens (tertiary/aromatic N) is 1. The molecule has 11 heteroatoms. The number of aryl methyl sites for hydroxylation is 1. The minimum absolute atomic E-state index is 0.148. The second-order valence-electron chi connectivity index (χ2n) is 9.21. The Morgan fingerprint density at radius 3 is 2.66 bits per heavy atom. The van der Waals surface area contributed by atoms with Crippen LogP contribution in [0.25, 0.3) is 0 Å². The van der Waals surface area contributed by atoms with Crippen molar-refractivity contribution in [1.29, 1.82) is 0 Å². The van der Waals surface area contributed by atoms with Crippen molar-refractivity contribution in [3.63, 3.8) is 0 Å². The van der Waals surface area contributed by atoms with Gasteiger partial charge in [0, 0.05) is 11.8 Å². The summed E-state index contributed by atoms with van der Waals surface area (Å²) in [5.74, 6) is 0. The van der Waals surface area contributed by atoms with Crippen molar-refractivity contribution in [1.82, 2.24) is 9.55 Å². The maximum atomic E-state index is 12.5. The first-order chi connectivity index (χ1) is 13.2. The van der Waals surface area contributed by atoms with Gasteiger partial charge in [-0.25, -0.2) is 9.36 Å². The Labute approximate surface area is 168 Å². The fraction of sp³-hybridized carbons (Fsp3) is 0.778. The van der Waals surface area contributed by atoms with Crippen LogP contribution in [0.4, 0.5) is 0 Å². The second-order valence-corrected chi connectivity index (χ2v) is 10.6. The van der Waals surface area contributed by atoms with E-state index in [1.165, 1.54) is 10.8 Å². The predicted molar refractivity (Wildman–Crippen MR) is 104 cm³/mol.